The molecular weight excluding hydrogens is 237 g/mol. The van der Waals surface area contributed by atoms with Crippen LogP contribution in [-0.2, 0) is 0 Å². The topological polar surface area (TPSA) is 60.2 Å². The Labute approximate surface area is 82.9 Å². The molecule has 0 spiro atoms. The molecule has 4 nitrogen and oxygen atoms in total. The number of nitrogens with zero attached hydrogens (tertiary/aromatic N) is 1. The third kappa shape index (κ3) is 1.94. The second-order valence-corrected chi connectivity index (χ2v) is 3.56. The Balaban J connectivity index is 3.38. The molecule has 0 amide bonds. The summed E-state index contributed by atoms with van der Waals surface area (Å²) in [6.07, 6.45) is 0.624. The summed E-state index contributed by atoms with van der Waals surface area (Å²) >= 11 is 2.21. The Morgan fingerprint density at radius 3 is 2.62 bits per heavy atom. The third-order valence-electron chi connectivity index (χ3n) is 1.74. The molecule has 0 aliphatic heterocycles. The first-order valence-electron chi connectivity index (χ1n) is 3.49. The number of rotatable bonds is 2. The Morgan fingerprint density at radius 1 is 1.54 bits per heavy atom. The van der Waals surface area contributed by atoms with Gasteiger partial charge in [-0.05, 0) is 0 Å². The number of hydrogen-bond donors (Lipinski definition) is 0. The maximum atomic E-state index is 10.5. The third-order valence-corrected chi connectivity index (χ3v) is 2.72. The van der Waals surface area contributed by atoms with Gasteiger partial charge in [-0.2, -0.15) is 0 Å². The van der Waals surface area contributed by atoms with Gasteiger partial charge >= 0.3 is 82.5 Å². The minimum absolute atomic E-state index is 0.0525. The van der Waals surface area contributed by atoms with Crippen molar-refractivity contribution in [2.45, 2.75) is 6.92 Å². The molecule has 0 atom stereocenters. The fraction of sp³-hybridized carbons (Fsp3) is 0.125. The van der Waals surface area contributed by atoms with Crippen molar-refractivity contribution < 1.29 is 9.72 Å². The van der Waals surface area contributed by atoms with Gasteiger partial charge in [0, 0.05) is 0 Å². The van der Waals surface area contributed by atoms with Crippen LogP contribution >= 0.6 is 0 Å². The number of benzene rings is 1. The first kappa shape index (κ1) is 9.89. The van der Waals surface area contributed by atoms with Crippen LogP contribution in [0.25, 0.3) is 0 Å². The van der Waals surface area contributed by atoms with E-state index in [1.165, 1.54) is 12.1 Å². The van der Waals surface area contributed by atoms with Gasteiger partial charge < -0.3 is 0 Å². The molecule has 5 heteroatoms. The predicted octanol–water partition coefficient (Wildman–Crippen LogP) is 0.242. The van der Waals surface area contributed by atoms with Gasteiger partial charge in [-0.1, -0.05) is 0 Å². The summed E-state index contributed by atoms with van der Waals surface area (Å²) in [5.41, 5.74) is 1.08. The van der Waals surface area contributed by atoms with E-state index in [0.717, 1.165) is 5.56 Å². The molecule has 0 unspecified atom stereocenters. The van der Waals surface area contributed by atoms with Crippen molar-refractivity contribution in [3.63, 3.8) is 0 Å². The first-order valence-corrected chi connectivity index (χ1v) is 4.43. The van der Waals surface area contributed by atoms with Crippen molar-refractivity contribution in [2.75, 3.05) is 0 Å². The summed E-state index contributed by atoms with van der Waals surface area (Å²) in [5.74, 6) is 0. The van der Waals surface area contributed by atoms with Crippen molar-refractivity contribution in [3.05, 3.63) is 33.4 Å². The van der Waals surface area contributed by atoms with E-state index < -0.39 is 4.92 Å². The van der Waals surface area contributed by atoms with Gasteiger partial charge in [0.15, 0.2) is 0 Å². The van der Waals surface area contributed by atoms with Crippen LogP contribution in [0.5, 0.6) is 0 Å². The van der Waals surface area contributed by atoms with E-state index in [1.807, 2.05) is 0 Å². The van der Waals surface area contributed by atoms with Crippen molar-refractivity contribution in [1.82, 2.24) is 0 Å². The molecule has 1 rings (SSSR count). The van der Waals surface area contributed by atoms with E-state index in [2.05, 4.69) is 16.0 Å². The molecule has 13 heavy (non-hydrogen) atoms. The fourth-order valence-corrected chi connectivity index (χ4v) is 1.48. The molecule has 0 heterocycles. The Kier molecular flexibility index (Phi) is 2.80. The Bertz CT molecular complexity index is 376. The summed E-state index contributed by atoms with van der Waals surface area (Å²) in [6.45, 7) is 1.75. The summed E-state index contributed by atoms with van der Waals surface area (Å²) in [6, 6.07) is 2.71. The zero-order valence-corrected chi connectivity index (χ0v) is 8.73. The van der Waals surface area contributed by atoms with Gasteiger partial charge in [0.2, 0.25) is 0 Å². The monoisotopic (exact) mass is 245 g/mol. The molecule has 0 saturated carbocycles. The van der Waals surface area contributed by atoms with Gasteiger partial charge in [0.05, 0.1) is 0 Å². The predicted molar refractivity (Wildman–Crippen MR) is 50.0 cm³/mol. The summed E-state index contributed by atoms with van der Waals surface area (Å²) in [4.78, 5) is 20.4. The van der Waals surface area contributed by atoms with E-state index in [9.17, 15) is 14.9 Å². The molecule has 1 aromatic rings. The summed E-state index contributed by atoms with van der Waals surface area (Å²) < 4.78 is 0.698. The quantitative estimate of drug-likeness (QED) is 0.324. The molecule has 0 N–H and O–H groups in total. The zero-order valence-electron chi connectivity index (χ0n) is 6.85. The molecule has 0 aliphatic carbocycles. The number of carbonyl (C=O) groups is 1. The van der Waals surface area contributed by atoms with Gasteiger partial charge in [-0.25, -0.2) is 0 Å². The number of nitro groups is 1. The van der Waals surface area contributed by atoms with Gasteiger partial charge in [-0.3, -0.25) is 0 Å². The first-order chi connectivity index (χ1) is 6.06. The van der Waals surface area contributed by atoms with Crippen molar-refractivity contribution >= 4 is 32.4 Å². The van der Waals surface area contributed by atoms with Crippen LogP contribution in [0.15, 0.2) is 12.1 Å². The van der Waals surface area contributed by atoms with Crippen molar-refractivity contribution in [3.8, 4) is 0 Å². The molecule has 68 valence electrons. The zero-order chi connectivity index (χ0) is 10.0. The number of hydrogen-bond acceptors (Lipinski definition) is 3. The summed E-state index contributed by atoms with van der Waals surface area (Å²) in [5, 5.41) is 10.4. The number of non-ortho nitro benzene ring substituents is 1. The van der Waals surface area contributed by atoms with Crippen LogP contribution in [0.2, 0.25) is 0 Å². The molecular formula is C8H7NO3Se. The Hall–Kier alpha value is -1.19. The van der Waals surface area contributed by atoms with E-state index in [1.54, 1.807) is 6.92 Å². The molecule has 1 aromatic carbocycles. The maximum absolute atomic E-state index is 10.5. The van der Waals surface area contributed by atoms with Crippen LogP contribution in [0, 0.1) is 17.0 Å². The average Bonchev–Trinajstić information content (AvgIpc) is 2.09. The van der Waals surface area contributed by atoms with E-state index in [0.29, 0.717) is 16.3 Å². The molecule has 0 fully saturated rings. The van der Waals surface area contributed by atoms with Gasteiger partial charge in [0.1, 0.15) is 0 Å². The van der Waals surface area contributed by atoms with Crippen LogP contribution in [-0.4, -0.2) is 27.2 Å². The average molecular weight is 244 g/mol. The minimum atomic E-state index is -0.511. The van der Waals surface area contributed by atoms with Crippen LogP contribution in [0.4, 0.5) is 5.69 Å². The van der Waals surface area contributed by atoms with Gasteiger partial charge in [-0.15, -0.1) is 0 Å². The second kappa shape index (κ2) is 3.68. The molecule has 0 aromatic heterocycles. The van der Waals surface area contributed by atoms with E-state index >= 15 is 0 Å². The Morgan fingerprint density at radius 2 is 2.15 bits per heavy atom. The summed E-state index contributed by atoms with van der Waals surface area (Å²) in [7, 11) is 0. The van der Waals surface area contributed by atoms with Crippen LogP contribution in [0.1, 0.15) is 15.9 Å². The molecule has 0 bridgehead atoms. The SMILES string of the molecule is Cc1c([SeH])cc([N+](=O)[O-])cc1C=O. The van der Waals surface area contributed by atoms with Crippen LogP contribution in [0.3, 0.4) is 0 Å². The van der Waals surface area contributed by atoms with E-state index in [-0.39, 0.29) is 5.69 Å². The number of nitro benzene ring substituents is 1. The molecule has 0 radical (unpaired) electrons. The molecule has 0 aliphatic rings. The fourth-order valence-electron chi connectivity index (χ4n) is 0.933. The standard InChI is InChI=1S/C8H7NO3Se/c1-5-6(4-10)2-7(9(11)12)3-8(5)13/h2-4,13H,1H3. The number of carbonyl (C=O) groups excluding carboxylic acids is 1. The van der Waals surface area contributed by atoms with Gasteiger partial charge in [0.25, 0.3) is 0 Å². The van der Waals surface area contributed by atoms with E-state index in [4.69, 9.17) is 0 Å². The van der Waals surface area contributed by atoms with Crippen molar-refractivity contribution in [1.29, 1.82) is 0 Å². The van der Waals surface area contributed by atoms with Crippen molar-refractivity contribution in [2.24, 2.45) is 0 Å². The second-order valence-electron chi connectivity index (χ2n) is 2.55. The molecule has 0 saturated heterocycles. The number of aldehydes is 1. The normalized spacial score (nSPS) is 9.69. The van der Waals surface area contributed by atoms with Crippen LogP contribution < -0.4 is 4.46 Å².